The summed E-state index contributed by atoms with van der Waals surface area (Å²) in [6, 6.07) is 7.89. The number of hydrogen-bond donors (Lipinski definition) is 1. The summed E-state index contributed by atoms with van der Waals surface area (Å²) < 4.78 is 0. The Morgan fingerprint density at radius 3 is 2.69 bits per heavy atom. The van der Waals surface area contributed by atoms with Crippen molar-refractivity contribution in [2.45, 2.75) is 25.8 Å². The Bertz CT molecular complexity index is 250. The van der Waals surface area contributed by atoms with Gasteiger partial charge < -0.3 is 5.73 Å². The van der Waals surface area contributed by atoms with Crippen LogP contribution in [0.4, 0.5) is 0 Å². The molecule has 13 heavy (non-hydrogen) atoms. The van der Waals surface area contributed by atoms with Crippen molar-refractivity contribution in [3.63, 3.8) is 0 Å². The fraction of sp³-hybridized carbons (Fsp3) is 0.400. The summed E-state index contributed by atoms with van der Waals surface area (Å²) in [5.74, 6) is 0. The molecule has 0 aromatic heterocycles. The van der Waals surface area contributed by atoms with Gasteiger partial charge in [-0.15, -0.1) is 12.4 Å². The summed E-state index contributed by atoms with van der Waals surface area (Å²) in [5, 5.41) is 0.763. The average molecular weight is 220 g/mol. The van der Waals surface area contributed by atoms with Crippen molar-refractivity contribution >= 4 is 24.0 Å². The molecule has 0 unspecified atom stereocenters. The maximum Gasteiger partial charge on any atom is 0.0409 e. The van der Waals surface area contributed by atoms with Crippen LogP contribution in [0.2, 0.25) is 5.02 Å². The van der Waals surface area contributed by atoms with Gasteiger partial charge in [0.25, 0.3) is 0 Å². The number of benzene rings is 1. The highest BCUT2D eigenvalue weighted by Gasteiger charge is 2.03. The number of halogens is 2. The van der Waals surface area contributed by atoms with Crippen molar-refractivity contribution in [1.29, 1.82) is 0 Å². The van der Waals surface area contributed by atoms with Gasteiger partial charge >= 0.3 is 0 Å². The molecule has 0 saturated carbocycles. The third-order valence-electron chi connectivity index (χ3n) is 1.88. The fourth-order valence-electron chi connectivity index (χ4n) is 1.21. The van der Waals surface area contributed by atoms with Crippen molar-refractivity contribution in [3.8, 4) is 0 Å². The molecule has 0 aliphatic heterocycles. The summed E-state index contributed by atoms with van der Waals surface area (Å²) in [5.41, 5.74) is 7.04. The highest BCUT2D eigenvalue weighted by Crippen LogP contribution is 2.18. The van der Waals surface area contributed by atoms with Crippen LogP contribution in [0.15, 0.2) is 24.3 Å². The zero-order valence-electron chi connectivity index (χ0n) is 7.66. The standard InChI is InChI=1S/C10H14ClN.ClH/c1-2-4-10(12)8-5-3-6-9(11)7-8;/h3,5-7,10H,2,4,12H2,1H3;1H/t10-;/m0./s1. The molecule has 0 spiro atoms. The lowest BCUT2D eigenvalue weighted by molar-refractivity contribution is 0.638. The third-order valence-corrected chi connectivity index (χ3v) is 2.11. The molecular formula is C10H15Cl2N. The van der Waals surface area contributed by atoms with Crippen molar-refractivity contribution in [2.24, 2.45) is 5.73 Å². The molecule has 0 bridgehead atoms. The summed E-state index contributed by atoms with van der Waals surface area (Å²) in [4.78, 5) is 0. The van der Waals surface area contributed by atoms with E-state index in [1.807, 2.05) is 24.3 Å². The molecule has 0 aliphatic rings. The van der Waals surface area contributed by atoms with Crippen molar-refractivity contribution in [1.82, 2.24) is 0 Å². The van der Waals surface area contributed by atoms with Crippen LogP contribution in [0.25, 0.3) is 0 Å². The summed E-state index contributed by atoms with van der Waals surface area (Å²) in [6.45, 7) is 2.13. The fourth-order valence-corrected chi connectivity index (χ4v) is 1.41. The van der Waals surface area contributed by atoms with Crippen molar-refractivity contribution in [3.05, 3.63) is 34.9 Å². The minimum absolute atomic E-state index is 0. The molecule has 1 rings (SSSR count). The molecule has 1 atom stereocenters. The Hall–Kier alpha value is -0.240. The lowest BCUT2D eigenvalue weighted by Gasteiger charge is -2.10. The van der Waals surface area contributed by atoms with E-state index >= 15 is 0 Å². The highest BCUT2D eigenvalue weighted by molar-refractivity contribution is 6.30. The SMILES string of the molecule is CCC[C@H](N)c1cccc(Cl)c1.Cl. The normalized spacial score (nSPS) is 11.9. The molecule has 0 heterocycles. The quantitative estimate of drug-likeness (QED) is 0.827. The van der Waals surface area contributed by atoms with Gasteiger partial charge in [0.15, 0.2) is 0 Å². The summed E-state index contributed by atoms with van der Waals surface area (Å²) in [7, 11) is 0. The van der Waals surface area contributed by atoms with Crippen LogP contribution in [0, 0.1) is 0 Å². The van der Waals surface area contributed by atoms with E-state index in [4.69, 9.17) is 17.3 Å². The van der Waals surface area contributed by atoms with Crippen LogP contribution in [-0.4, -0.2) is 0 Å². The Labute approximate surface area is 90.7 Å². The van der Waals surface area contributed by atoms with Crippen LogP contribution in [-0.2, 0) is 0 Å². The zero-order valence-corrected chi connectivity index (χ0v) is 9.24. The Morgan fingerprint density at radius 1 is 1.46 bits per heavy atom. The first kappa shape index (κ1) is 12.8. The number of rotatable bonds is 3. The molecule has 3 heteroatoms. The molecule has 0 radical (unpaired) electrons. The maximum atomic E-state index is 5.92. The Balaban J connectivity index is 0.00000144. The first-order valence-electron chi connectivity index (χ1n) is 4.25. The molecule has 0 saturated heterocycles. The van der Waals surface area contributed by atoms with Gasteiger partial charge in [-0.3, -0.25) is 0 Å². The molecule has 0 fully saturated rings. The van der Waals surface area contributed by atoms with Crippen molar-refractivity contribution in [2.75, 3.05) is 0 Å². The van der Waals surface area contributed by atoms with Crippen LogP contribution in [0.5, 0.6) is 0 Å². The van der Waals surface area contributed by atoms with Gasteiger partial charge in [0, 0.05) is 11.1 Å². The second kappa shape index (κ2) is 6.25. The second-order valence-electron chi connectivity index (χ2n) is 2.95. The Kier molecular flexibility index (Phi) is 6.13. The van der Waals surface area contributed by atoms with Gasteiger partial charge in [0.2, 0.25) is 0 Å². The predicted octanol–water partition coefficient (Wildman–Crippen LogP) is 3.56. The minimum Gasteiger partial charge on any atom is -0.324 e. The lowest BCUT2D eigenvalue weighted by atomic mass is 10.0. The molecular weight excluding hydrogens is 205 g/mol. The Morgan fingerprint density at radius 2 is 2.15 bits per heavy atom. The first-order chi connectivity index (χ1) is 5.74. The molecule has 2 N–H and O–H groups in total. The zero-order chi connectivity index (χ0) is 8.97. The van der Waals surface area contributed by atoms with E-state index in [0.717, 1.165) is 23.4 Å². The van der Waals surface area contributed by atoms with Crippen LogP contribution in [0.1, 0.15) is 31.4 Å². The van der Waals surface area contributed by atoms with Gasteiger partial charge in [0.05, 0.1) is 0 Å². The topological polar surface area (TPSA) is 26.0 Å². The predicted molar refractivity (Wildman–Crippen MR) is 60.5 cm³/mol. The lowest BCUT2D eigenvalue weighted by Crippen LogP contribution is -2.09. The summed E-state index contributed by atoms with van der Waals surface area (Å²) in [6.07, 6.45) is 2.12. The molecule has 0 aliphatic carbocycles. The van der Waals surface area contributed by atoms with E-state index < -0.39 is 0 Å². The van der Waals surface area contributed by atoms with E-state index in [0.29, 0.717) is 0 Å². The molecule has 1 aromatic rings. The highest BCUT2D eigenvalue weighted by atomic mass is 35.5. The van der Waals surface area contributed by atoms with Gasteiger partial charge in [0.1, 0.15) is 0 Å². The van der Waals surface area contributed by atoms with E-state index in [9.17, 15) is 0 Å². The largest absolute Gasteiger partial charge is 0.324 e. The van der Waals surface area contributed by atoms with Crippen LogP contribution in [0.3, 0.4) is 0 Å². The van der Waals surface area contributed by atoms with Crippen LogP contribution < -0.4 is 5.73 Å². The third kappa shape index (κ3) is 3.99. The number of hydrogen-bond acceptors (Lipinski definition) is 1. The minimum atomic E-state index is 0. The molecule has 0 amide bonds. The van der Waals surface area contributed by atoms with E-state index in [1.54, 1.807) is 0 Å². The van der Waals surface area contributed by atoms with Gasteiger partial charge in [-0.25, -0.2) is 0 Å². The smallest absolute Gasteiger partial charge is 0.0409 e. The van der Waals surface area contributed by atoms with Gasteiger partial charge in [-0.1, -0.05) is 37.1 Å². The number of nitrogens with two attached hydrogens (primary N) is 1. The molecule has 1 nitrogen and oxygen atoms in total. The first-order valence-corrected chi connectivity index (χ1v) is 4.63. The van der Waals surface area contributed by atoms with Gasteiger partial charge in [-0.05, 0) is 24.1 Å². The van der Waals surface area contributed by atoms with E-state index in [-0.39, 0.29) is 18.4 Å². The maximum absolute atomic E-state index is 5.92. The monoisotopic (exact) mass is 219 g/mol. The van der Waals surface area contributed by atoms with E-state index in [1.165, 1.54) is 0 Å². The van der Waals surface area contributed by atoms with Crippen LogP contribution >= 0.6 is 24.0 Å². The molecule has 74 valence electrons. The molecule has 1 aromatic carbocycles. The summed E-state index contributed by atoms with van der Waals surface area (Å²) >= 11 is 5.83. The average Bonchev–Trinajstić information content (AvgIpc) is 2.05. The second-order valence-corrected chi connectivity index (χ2v) is 3.39. The van der Waals surface area contributed by atoms with E-state index in [2.05, 4.69) is 6.92 Å². The van der Waals surface area contributed by atoms with Crippen molar-refractivity contribution < 1.29 is 0 Å². The van der Waals surface area contributed by atoms with Gasteiger partial charge in [-0.2, -0.15) is 0 Å².